The van der Waals surface area contributed by atoms with E-state index in [1.165, 1.54) is 36.6 Å². The number of rotatable bonds is 4. The zero-order valence-electron chi connectivity index (χ0n) is 10.0. The van der Waals surface area contributed by atoms with Gasteiger partial charge in [-0.25, -0.2) is 9.78 Å². The predicted molar refractivity (Wildman–Crippen MR) is 72.5 cm³/mol. The lowest BCUT2D eigenvalue weighted by molar-refractivity contribution is 0.0472. The van der Waals surface area contributed by atoms with Gasteiger partial charge in [0, 0.05) is 23.7 Å². The van der Waals surface area contributed by atoms with Gasteiger partial charge in [0.15, 0.2) is 0 Å². The van der Waals surface area contributed by atoms with Gasteiger partial charge in [0.1, 0.15) is 11.6 Å². The van der Waals surface area contributed by atoms with E-state index < -0.39 is 5.97 Å². The van der Waals surface area contributed by atoms with Crippen LogP contribution in [0.15, 0.2) is 23.8 Å². The van der Waals surface area contributed by atoms with Crippen LogP contribution in [0.3, 0.4) is 0 Å². The maximum Gasteiger partial charge on any atom is 0.340 e. The van der Waals surface area contributed by atoms with Crippen LogP contribution in [0, 0.1) is 0 Å². The lowest BCUT2D eigenvalue weighted by Crippen LogP contribution is -2.06. The number of nitrogens with zero attached hydrogens (tertiary/aromatic N) is 2. The number of hydrogen-bond donors (Lipinski definition) is 0. The van der Waals surface area contributed by atoms with E-state index in [1.54, 1.807) is 6.07 Å². The van der Waals surface area contributed by atoms with Crippen LogP contribution >= 0.6 is 22.9 Å². The summed E-state index contributed by atoms with van der Waals surface area (Å²) >= 11 is 7.40. The molecule has 0 unspecified atom stereocenters. The maximum absolute atomic E-state index is 11.8. The molecule has 6 heteroatoms. The summed E-state index contributed by atoms with van der Waals surface area (Å²) in [4.78, 5) is 20.1. The van der Waals surface area contributed by atoms with E-state index in [1.807, 2.05) is 5.38 Å². The van der Waals surface area contributed by atoms with Crippen molar-refractivity contribution in [2.24, 2.45) is 0 Å². The molecule has 2 aromatic heterocycles. The topological polar surface area (TPSA) is 52.1 Å². The molecule has 0 atom stereocenters. The Morgan fingerprint density at radius 2 is 2.37 bits per heavy atom. The molecular formula is C13H11ClN2O2S. The summed E-state index contributed by atoms with van der Waals surface area (Å²) in [6, 6.07) is 1.54. The number of hydrogen-bond acceptors (Lipinski definition) is 5. The average molecular weight is 295 g/mol. The standard InChI is InChI=1S/C13H11ClN2O2S/c14-10-5-15-4-3-9(10)13(17)18-6-12-16-11(7-19-12)8-1-2-8/h3-5,7-8H,1-2,6H2. The molecule has 0 spiro atoms. The van der Waals surface area contributed by atoms with Gasteiger partial charge < -0.3 is 4.74 Å². The fraction of sp³-hybridized carbons (Fsp3) is 0.308. The van der Waals surface area contributed by atoms with Crippen molar-refractivity contribution in [1.82, 2.24) is 9.97 Å². The fourth-order valence-electron chi connectivity index (χ4n) is 1.70. The molecule has 2 heterocycles. The van der Waals surface area contributed by atoms with Crippen LogP contribution in [0.5, 0.6) is 0 Å². The van der Waals surface area contributed by atoms with Crippen LogP contribution in [0.25, 0.3) is 0 Å². The van der Waals surface area contributed by atoms with Crippen LogP contribution in [0.1, 0.15) is 39.8 Å². The number of carbonyl (C=O) groups excluding carboxylic acids is 1. The molecule has 0 amide bonds. The normalized spacial score (nSPS) is 14.4. The van der Waals surface area contributed by atoms with Crippen molar-refractivity contribution < 1.29 is 9.53 Å². The monoisotopic (exact) mass is 294 g/mol. The van der Waals surface area contributed by atoms with Gasteiger partial charge in [0.05, 0.1) is 16.3 Å². The Bertz CT molecular complexity index is 610. The highest BCUT2D eigenvalue weighted by Crippen LogP contribution is 2.40. The molecule has 0 aliphatic heterocycles. The fourth-order valence-corrected chi connectivity index (χ4v) is 2.69. The van der Waals surface area contributed by atoms with Crippen molar-refractivity contribution in [2.45, 2.75) is 25.4 Å². The lowest BCUT2D eigenvalue weighted by Gasteiger charge is -2.03. The van der Waals surface area contributed by atoms with Gasteiger partial charge in [-0.15, -0.1) is 11.3 Å². The van der Waals surface area contributed by atoms with E-state index in [9.17, 15) is 4.79 Å². The van der Waals surface area contributed by atoms with Gasteiger partial charge in [0.25, 0.3) is 0 Å². The van der Waals surface area contributed by atoms with Gasteiger partial charge in [-0.2, -0.15) is 0 Å². The average Bonchev–Trinajstić information content (AvgIpc) is 3.16. The summed E-state index contributed by atoms with van der Waals surface area (Å²) in [5.41, 5.74) is 1.45. The Kier molecular flexibility index (Phi) is 3.48. The zero-order valence-corrected chi connectivity index (χ0v) is 11.6. The summed E-state index contributed by atoms with van der Waals surface area (Å²) < 4.78 is 5.21. The second-order valence-corrected chi connectivity index (χ2v) is 5.72. The number of carbonyl (C=O) groups is 1. The molecule has 1 fully saturated rings. The number of aromatic nitrogens is 2. The second-order valence-electron chi connectivity index (χ2n) is 4.37. The number of ether oxygens (including phenoxy) is 1. The molecule has 0 aromatic carbocycles. The minimum atomic E-state index is -0.449. The Balaban J connectivity index is 1.62. The third-order valence-corrected chi connectivity index (χ3v) is 4.03. The molecule has 0 bridgehead atoms. The highest BCUT2D eigenvalue weighted by molar-refractivity contribution is 7.09. The summed E-state index contributed by atoms with van der Waals surface area (Å²) in [7, 11) is 0. The molecule has 0 saturated heterocycles. The first-order valence-corrected chi connectivity index (χ1v) is 7.21. The van der Waals surface area contributed by atoms with E-state index in [4.69, 9.17) is 16.3 Å². The molecule has 1 aliphatic carbocycles. The first-order chi connectivity index (χ1) is 9.24. The van der Waals surface area contributed by atoms with Crippen molar-refractivity contribution in [2.75, 3.05) is 0 Å². The summed E-state index contributed by atoms with van der Waals surface area (Å²) in [6.45, 7) is 0.189. The Morgan fingerprint density at radius 3 is 3.11 bits per heavy atom. The molecule has 98 valence electrons. The Hall–Kier alpha value is -1.46. The zero-order chi connectivity index (χ0) is 13.2. The predicted octanol–water partition coefficient (Wildman–Crippen LogP) is 3.43. The van der Waals surface area contributed by atoms with Crippen LogP contribution in [-0.2, 0) is 11.3 Å². The van der Waals surface area contributed by atoms with Crippen molar-refractivity contribution in [3.8, 4) is 0 Å². The van der Waals surface area contributed by atoms with Gasteiger partial charge in [-0.05, 0) is 18.9 Å². The summed E-state index contributed by atoms with van der Waals surface area (Å²) in [6.07, 6.45) is 5.37. The summed E-state index contributed by atoms with van der Waals surface area (Å²) in [5.74, 6) is 0.172. The molecular weight excluding hydrogens is 284 g/mol. The molecule has 3 rings (SSSR count). The SMILES string of the molecule is O=C(OCc1nc(C2CC2)cs1)c1ccncc1Cl. The van der Waals surface area contributed by atoms with Crippen molar-refractivity contribution >= 4 is 28.9 Å². The number of esters is 1. The summed E-state index contributed by atoms with van der Waals surface area (Å²) in [5, 5.41) is 3.16. The molecule has 0 radical (unpaired) electrons. The van der Waals surface area contributed by atoms with Crippen LogP contribution < -0.4 is 0 Å². The lowest BCUT2D eigenvalue weighted by atomic mass is 10.3. The van der Waals surface area contributed by atoms with E-state index in [0.717, 1.165) is 10.7 Å². The first kappa shape index (κ1) is 12.6. The van der Waals surface area contributed by atoms with E-state index in [2.05, 4.69) is 9.97 Å². The van der Waals surface area contributed by atoms with Crippen LogP contribution in [0.4, 0.5) is 0 Å². The first-order valence-electron chi connectivity index (χ1n) is 5.95. The number of pyridine rings is 1. The molecule has 2 aromatic rings. The van der Waals surface area contributed by atoms with Gasteiger partial charge >= 0.3 is 5.97 Å². The highest BCUT2D eigenvalue weighted by atomic mass is 35.5. The minimum absolute atomic E-state index is 0.189. The second kappa shape index (κ2) is 5.27. The van der Waals surface area contributed by atoms with Gasteiger partial charge in [-0.1, -0.05) is 11.6 Å². The third-order valence-electron chi connectivity index (χ3n) is 2.88. The Labute approximate surface area is 119 Å². The third kappa shape index (κ3) is 2.93. The quantitative estimate of drug-likeness (QED) is 0.811. The molecule has 4 nitrogen and oxygen atoms in total. The Morgan fingerprint density at radius 1 is 1.53 bits per heavy atom. The molecule has 19 heavy (non-hydrogen) atoms. The smallest absolute Gasteiger partial charge is 0.340 e. The molecule has 0 N–H and O–H groups in total. The maximum atomic E-state index is 11.8. The molecule has 1 saturated carbocycles. The van der Waals surface area contributed by atoms with Gasteiger partial charge in [0.2, 0.25) is 0 Å². The van der Waals surface area contributed by atoms with Crippen LogP contribution in [0.2, 0.25) is 5.02 Å². The minimum Gasteiger partial charge on any atom is -0.455 e. The van der Waals surface area contributed by atoms with E-state index in [0.29, 0.717) is 16.5 Å². The van der Waals surface area contributed by atoms with Crippen molar-refractivity contribution in [3.05, 3.63) is 45.1 Å². The van der Waals surface area contributed by atoms with E-state index >= 15 is 0 Å². The largest absolute Gasteiger partial charge is 0.455 e. The number of thiazole rings is 1. The molecule has 1 aliphatic rings. The van der Waals surface area contributed by atoms with Crippen LogP contribution in [-0.4, -0.2) is 15.9 Å². The van der Waals surface area contributed by atoms with Crippen molar-refractivity contribution in [1.29, 1.82) is 0 Å². The van der Waals surface area contributed by atoms with E-state index in [-0.39, 0.29) is 6.61 Å². The van der Waals surface area contributed by atoms with Gasteiger partial charge in [-0.3, -0.25) is 4.98 Å². The highest BCUT2D eigenvalue weighted by Gasteiger charge is 2.26. The number of halogens is 1. The van der Waals surface area contributed by atoms with Crippen molar-refractivity contribution in [3.63, 3.8) is 0 Å².